The minimum Gasteiger partial charge on any atom is -0.368 e. The molecule has 0 aliphatic carbocycles. The Bertz CT molecular complexity index is 343. The van der Waals surface area contributed by atoms with Crippen LogP contribution in [0.15, 0.2) is 24.3 Å². The quantitative estimate of drug-likeness (QED) is 0.821. The second kappa shape index (κ2) is 5.66. The fourth-order valence-corrected chi connectivity index (χ4v) is 1.87. The van der Waals surface area contributed by atoms with Crippen LogP contribution in [0.3, 0.4) is 0 Å². The van der Waals surface area contributed by atoms with Crippen molar-refractivity contribution in [2.75, 3.05) is 14.1 Å². The van der Waals surface area contributed by atoms with Gasteiger partial charge in [-0.05, 0) is 31.6 Å². The number of benzene rings is 1. The highest BCUT2D eigenvalue weighted by molar-refractivity contribution is 5.81. The van der Waals surface area contributed by atoms with Gasteiger partial charge in [0.05, 0.1) is 0 Å². The first-order chi connectivity index (χ1) is 7.56. The Balaban J connectivity index is 2.90. The number of amides is 1. The molecule has 1 amide bonds. The van der Waals surface area contributed by atoms with Crippen LogP contribution in [0, 0.1) is 0 Å². The van der Waals surface area contributed by atoms with Crippen molar-refractivity contribution in [1.29, 1.82) is 0 Å². The van der Waals surface area contributed by atoms with E-state index in [2.05, 4.69) is 19.1 Å². The number of hydrogen-bond donors (Lipinski definition) is 1. The van der Waals surface area contributed by atoms with E-state index in [-0.39, 0.29) is 11.9 Å². The molecular formula is C13H20N2O. The molecule has 0 aromatic heterocycles. The van der Waals surface area contributed by atoms with E-state index in [1.54, 1.807) is 0 Å². The summed E-state index contributed by atoms with van der Waals surface area (Å²) in [4.78, 5) is 13.2. The molecular weight excluding hydrogens is 200 g/mol. The first-order valence-corrected chi connectivity index (χ1v) is 5.60. The second-order valence-corrected chi connectivity index (χ2v) is 4.26. The summed E-state index contributed by atoms with van der Waals surface area (Å²) in [7, 11) is 3.71. The predicted octanol–water partition coefficient (Wildman–Crippen LogP) is 1.73. The highest BCUT2D eigenvalue weighted by Gasteiger charge is 2.19. The largest absolute Gasteiger partial charge is 0.368 e. The van der Waals surface area contributed by atoms with Crippen molar-refractivity contribution in [1.82, 2.24) is 4.90 Å². The van der Waals surface area contributed by atoms with Crippen molar-refractivity contribution in [2.45, 2.75) is 25.8 Å². The molecule has 0 spiro atoms. The van der Waals surface area contributed by atoms with Crippen LogP contribution in [-0.2, 0) is 11.2 Å². The normalized spacial score (nSPS) is 12.8. The summed E-state index contributed by atoms with van der Waals surface area (Å²) < 4.78 is 0. The van der Waals surface area contributed by atoms with Gasteiger partial charge >= 0.3 is 0 Å². The molecule has 0 saturated carbocycles. The van der Waals surface area contributed by atoms with Crippen LogP contribution < -0.4 is 5.73 Å². The molecule has 1 aromatic rings. The summed E-state index contributed by atoms with van der Waals surface area (Å²) in [5, 5.41) is 0. The van der Waals surface area contributed by atoms with Crippen LogP contribution in [0.1, 0.15) is 30.5 Å². The van der Waals surface area contributed by atoms with Gasteiger partial charge in [-0.15, -0.1) is 0 Å². The van der Waals surface area contributed by atoms with Crippen molar-refractivity contribution in [3.63, 3.8) is 0 Å². The average Bonchev–Trinajstić information content (AvgIpc) is 2.20. The highest BCUT2D eigenvalue weighted by atomic mass is 16.1. The smallest absolute Gasteiger partial charge is 0.239 e. The molecule has 1 aromatic carbocycles. The van der Waals surface area contributed by atoms with Crippen LogP contribution in [0.4, 0.5) is 0 Å². The van der Waals surface area contributed by atoms with Gasteiger partial charge < -0.3 is 5.73 Å². The first kappa shape index (κ1) is 12.7. The molecule has 1 rings (SSSR count). The zero-order chi connectivity index (χ0) is 12.1. The van der Waals surface area contributed by atoms with Crippen molar-refractivity contribution >= 4 is 5.91 Å². The Morgan fingerprint density at radius 1 is 1.31 bits per heavy atom. The van der Waals surface area contributed by atoms with Gasteiger partial charge in [-0.3, -0.25) is 9.69 Å². The summed E-state index contributed by atoms with van der Waals surface area (Å²) in [6.07, 6.45) is 2.20. The molecule has 0 radical (unpaired) electrons. The Labute approximate surface area is 97.2 Å². The number of carbonyl (C=O) groups is 1. The highest BCUT2D eigenvalue weighted by Crippen LogP contribution is 2.18. The van der Waals surface area contributed by atoms with Gasteiger partial charge in [0.15, 0.2) is 0 Å². The van der Waals surface area contributed by atoms with Gasteiger partial charge in [0.2, 0.25) is 5.91 Å². The molecule has 3 nitrogen and oxygen atoms in total. The van der Waals surface area contributed by atoms with Gasteiger partial charge in [0.25, 0.3) is 0 Å². The lowest BCUT2D eigenvalue weighted by Gasteiger charge is -2.21. The number of aryl methyl sites for hydroxylation is 1. The fraction of sp³-hybridized carbons (Fsp3) is 0.462. The summed E-state index contributed by atoms with van der Waals surface area (Å²) in [6.45, 7) is 2.15. The van der Waals surface area contributed by atoms with Crippen molar-refractivity contribution in [3.8, 4) is 0 Å². The third-order valence-corrected chi connectivity index (χ3v) is 2.62. The minimum absolute atomic E-state index is 0.312. The average molecular weight is 220 g/mol. The molecule has 0 bridgehead atoms. The lowest BCUT2D eigenvalue weighted by atomic mass is 10.0. The number of carbonyl (C=O) groups excluding carboxylic acids is 1. The van der Waals surface area contributed by atoms with Crippen molar-refractivity contribution < 1.29 is 4.79 Å². The van der Waals surface area contributed by atoms with E-state index in [4.69, 9.17) is 5.73 Å². The molecule has 0 aliphatic heterocycles. The monoisotopic (exact) mass is 220 g/mol. The van der Waals surface area contributed by atoms with Crippen LogP contribution >= 0.6 is 0 Å². The molecule has 1 unspecified atom stereocenters. The van der Waals surface area contributed by atoms with Gasteiger partial charge in [-0.1, -0.05) is 37.6 Å². The van der Waals surface area contributed by atoms with E-state index in [1.165, 1.54) is 5.56 Å². The number of rotatable bonds is 5. The number of nitrogens with zero attached hydrogens (tertiary/aromatic N) is 1. The maximum absolute atomic E-state index is 11.3. The van der Waals surface area contributed by atoms with E-state index in [9.17, 15) is 4.79 Å². The molecule has 0 saturated heterocycles. The molecule has 2 N–H and O–H groups in total. The lowest BCUT2D eigenvalue weighted by molar-refractivity contribution is -0.122. The first-order valence-electron chi connectivity index (χ1n) is 5.60. The van der Waals surface area contributed by atoms with Crippen molar-refractivity contribution in [3.05, 3.63) is 35.4 Å². The number of hydrogen-bond acceptors (Lipinski definition) is 2. The zero-order valence-electron chi connectivity index (χ0n) is 10.2. The lowest BCUT2D eigenvalue weighted by Crippen LogP contribution is -2.32. The van der Waals surface area contributed by atoms with E-state index in [1.807, 2.05) is 31.1 Å². The Morgan fingerprint density at radius 3 is 2.25 bits per heavy atom. The summed E-state index contributed by atoms with van der Waals surface area (Å²) >= 11 is 0. The summed E-state index contributed by atoms with van der Waals surface area (Å²) in [6, 6.07) is 7.77. The SMILES string of the molecule is CCCc1ccc(C(C(N)=O)N(C)C)cc1. The Morgan fingerprint density at radius 2 is 1.88 bits per heavy atom. The van der Waals surface area contributed by atoms with Crippen LogP contribution in [-0.4, -0.2) is 24.9 Å². The molecule has 0 fully saturated rings. The van der Waals surface area contributed by atoms with Gasteiger partial charge in [-0.25, -0.2) is 0 Å². The predicted molar refractivity (Wildman–Crippen MR) is 66.1 cm³/mol. The summed E-state index contributed by atoms with van der Waals surface area (Å²) in [5.74, 6) is -0.312. The molecule has 88 valence electrons. The zero-order valence-corrected chi connectivity index (χ0v) is 10.2. The molecule has 3 heteroatoms. The van der Waals surface area contributed by atoms with E-state index >= 15 is 0 Å². The third-order valence-electron chi connectivity index (χ3n) is 2.62. The number of nitrogens with two attached hydrogens (primary N) is 1. The Kier molecular flexibility index (Phi) is 4.50. The molecule has 0 heterocycles. The van der Waals surface area contributed by atoms with Crippen LogP contribution in [0.5, 0.6) is 0 Å². The maximum Gasteiger partial charge on any atom is 0.239 e. The van der Waals surface area contributed by atoms with Crippen LogP contribution in [0.25, 0.3) is 0 Å². The van der Waals surface area contributed by atoms with Crippen LogP contribution in [0.2, 0.25) is 0 Å². The number of primary amides is 1. The van der Waals surface area contributed by atoms with Gasteiger partial charge in [-0.2, -0.15) is 0 Å². The van der Waals surface area contributed by atoms with E-state index < -0.39 is 0 Å². The molecule has 16 heavy (non-hydrogen) atoms. The maximum atomic E-state index is 11.3. The summed E-state index contributed by atoms with van der Waals surface area (Å²) in [5.41, 5.74) is 7.64. The fourth-order valence-electron chi connectivity index (χ4n) is 1.87. The molecule has 0 aliphatic rings. The Hall–Kier alpha value is -1.35. The van der Waals surface area contributed by atoms with Crippen molar-refractivity contribution in [2.24, 2.45) is 5.73 Å². The minimum atomic E-state index is -0.337. The van der Waals surface area contributed by atoms with Gasteiger partial charge in [0, 0.05) is 0 Å². The second-order valence-electron chi connectivity index (χ2n) is 4.26. The van der Waals surface area contributed by atoms with E-state index in [0.717, 1.165) is 18.4 Å². The standard InChI is InChI=1S/C13H20N2O/c1-4-5-10-6-8-11(9-7-10)12(13(14)16)15(2)3/h6-9,12H,4-5H2,1-3H3,(H2,14,16). The van der Waals surface area contributed by atoms with Gasteiger partial charge in [0.1, 0.15) is 6.04 Å². The van der Waals surface area contributed by atoms with E-state index in [0.29, 0.717) is 0 Å². The number of likely N-dealkylation sites (N-methyl/N-ethyl adjacent to an activating group) is 1. The topological polar surface area (TPSA) is 46.3 Å². The molecule has 1 atom stereocenters. The third kappa shape index (κ3) is 3.07.